The first-order chi connectivity index (χ1) is 11.6. The maximum atomic E-state index is 12.8. The van der Waals surface area contributed by atoms with E-state index in [0.29, 0.717) is 23.0 Å². The number of carbonyl (C=O) groups is 1. The van der Waals surface area contributed by atoms with Crippen LogP contribution in [0.3, 0.4) is 0 Å². The molecular formula is C19H23N3O2. The Labute approximate surface area is 142 Å². The standard InChI is InChI=1S/C19H23N3O2/c1-14(20)16-5-3-11-22(13-16)19(23)15-4-2-6-18(12-15)24-17-7-9-21-10-8-17/h2,4,6-10,12,14,16H,3,5,11,13,20H2,1H3/t14-,16+/m1/s1. The Balaban J connectivity index is 1.72. The monoisotopic (exact) mass is 325 g/mol. The number of carbonyl (C=O) groups excluding carboxylic acids is 1. The van der Waals surface area contributed by atoms with Crippen molar-refractivity contribution in [2.75, 3.05) is 13.1 Å². The lowest BCUT2D eigenvalue weighted by Gasteiger charge is -2.34. The van der Waals surface area contributed by atoms with Gasteiger partial charge in [0.25, 0.3) is 5.91 Å². The number of nitrogens with zero attached hydrogens (tertiary/aromatic N) is 2. The normalized spacial score (nSPS) is 18.9. The molecule has 2 aromatic rings. The molecule has 1 saturated heterocycles. The fourth-order valence-electron chi connectivity index (χ4n) is 3.04. The van der Waals surface area contributed by atoms with Gasteiger partial charge in [-0.25, -0.2) is 0 Å². The number of benzene rings is 1. The van der Waals surface area contributed by atoms with Gasteiger partial charge in [0.05, 0.1) is 0 Å². The number of hydrogen-bond acceptors (Lipinski definition) is 4. The zero-order valence-corrected chi connectivity index (χ0v) is 13.9. The number of hydrogen-bond donors (Lipinski definition) is 1. The predicted molar refractivity (Wildman–Crippen MR) is 93.0 cm³/mol. The van der Waals surface area contributed by atoms with Gasteiger partial charge < -0.3 is 15.4 Å². The van der Waals surface area contributed by atoms with Crippen LogP contribution in [-0.4, -0.2) is 34.9 Å². The topological polar surface area (TPSA) is 68.5 Å². The predicted octanol–water partition coefficient (Wildman–Crippen LogP) is 3.07. The van der Waals surface area contributed by atoms with Crippen molar-refractivity contribution in [2.45, 2.75) is 25.8 Å². The van der Waals surface area contributed by atoms with Gasteiger partial charge >= 0.3 is 0 Å². The van der Waals surface area contributed by atoms with Crippen molar-refractivity contribution in [1.82, 2.24) is 9.88 Å². The fraction of sp³-hybridized carbons (Fsp3) is 0.368. The number of aromatic nitrogens is 1. The van der Waals surface area contributed by atoms with E-state index in [1.54, 1.807) is 30.6 Å². The number of rotatable bonds is 4. The van der Waals surface area contributed by atoms with Crippen LogP contribution in [0.1, 0.15) is 30.1 Å². The van der Waals surface area contributed by atoms with E-state index in [4.69, 9.17) is 10.5 Å². The van der Waals surface area contributed by atoms with E-state index in [2.05, 4.69) is 4.98 Å². The molecular weight excluding hydrogens is 302 g/mol. The number of amides is 1. The average molecular weight is 325 g/mol. The van der Waals surface area contributed by atoms with Gasteiger partial charge in [0.1, 0.15) is 11.5 Å². The zero-order chi connectivity index (χ0) is 16.9. The van der Waals surface area contributed by atoms with Crippen molar-refractivity contribution in [3.63, 3.8) is 0 Å². The van der Waals surface area contributed by atoms with Crippen LogP contribution in [-0.2, 0) is 0 Å². The summed E-state index contributed by atoms with van der Waals surface area (Å²) in [6.07, 6.45) is 5.44. The lowest BCUT2D eigenvalue weighted by Crippen LogP contribution is -2.45. The van der Waals surface area contributed by atoms with E-state index in [1.807, 2.05) is 30.0 Å². The highest BCUT2D eigenvalue weighted by molar-refractivity contribution is 5.94. The molecule has 1 aromatic heterocycles. The molecule has 5 heteroatoms. The Kier molecular flexibility index (Phi) is 5.11. The Morgan fingerprint density at radius 2 is 2.08 bits per heavy atom. The summed E-state index contributed by atoms with van der Waals surface area (Å²) in [6.45, 7) is 3.53. The summed E-state index contributed by atoms with van der Waals surface area (Å²) in [6, 6.07) is 11.0. The highest BCUT2D eigenvalue weighted by Crippen LogP contribution is 2.24. The maximum absolute atomic E-state index is 12.8. The van der Waals surface area contributed by atoms with Gasteiger partial charge in [0.2, 0.25) is 0 Å². The lowest BCUT2D eigenvalue weighted by atomic mass is 9.92. The number of nitrogens with two attached hydrogens (primary N) is 1. The Morgan fingerprint density at radius 3 is 2.83 bits per heavy atom. The molecule has 126 valence electrons. The minimum absolute atomic E-state index is 0.0422. The Hall–Kier alpha value is -2.40. The molecule has 0 spiro atoms. The van der Waals surface area contributed by atoms with Crippen LogP contribution in [0.5, 0.6) is 11.5 Å². The summed E-state index contributed by atoms with van der Waals surface area (Å²) in [5.41, 5.74) is 6.66. The van der Waals surface area contributed by atoms with E-state index < -0.39 is 0 Å². The third-order valence-electron chi connectivity index (χ3n) is 4.46. The first kappa shape index (κ1) is 16.5. The fourth-order valence-corrected chi connectivity index (χ4v) is 3.04. The highest BCUT2D eigenvalue weighted by Gasteiger charge is 2.26. The molecule has 1 amide bonds. The van der Waals surface area contributed by atoms with E-state index in [1.165, 1.54) is 0 Å². The second kappa shape index (κ2) is 7.45. The molecule has 0 radical (unpaired) electrons. The molecule has 1 aliphatic heterocycles. The Bertz CT molecular complexity index is 688. The zero-order valence-electron chi connectivity index (χ0n) is 13.9. The van der Waals surface area contributed by atoms with Crippen molar-refractivity contribution in [1.29, 1.82) is 0 Å². The minimum atomic E-state index is 0.0422. The molecule has 1 aliphatic rings. The SMILES string of the molecule is C[C@@H](N)[C@H]1CCCN(C(=O)c2cccc(Oc3ccncc3)c2)C1. The first-order valence-corrected chi connectivity index (χ1v) is 8.36. The van der Waals surface area contributed by atoms with Gasteiger partial charge in [-0.1, -0.05) is 6.07 Å². The quantitative estimate of drug-likeness (QED) is 0.938. The van der Waals surface area contributed by atoms with Crippen LogP contribution in [0.25, 0.3) is 0 Å². The molecule has 2 heterocycles. The second-order valence-electron chi connectivity index (χ2n) is 6.33. The average Bonchev–Trinajstić information content (AvgIpc) is 2.62. The van der Waals surface area contributed by atoms with Crippen molar-refractivity contribution in [2.24, 2.45) is 11.7 Å². The van der Waals surface area contributed by atoms with Crippen LogP contribution in [0.4, 0.5) is 0 Å². The van der Waals surface area contributed by atoms with Gasteiger partial charge in [0, 0.05) is 37.1 Å². The summed E-state index contributed by atoms with van der Waals surface area (Å²) >= 11 is 0. The molecule has 2 atom stereocenters. The second-order valence-corrected chi connectivity index (χ2v) is 6.33. The number of pyridine rings is 1. The maximum Gasteiger partial charge on any atom is 0.253 e. The summed E-state index contributed by atoms with van der Waals surface area (Å²) in [5.74, 6) is 1.76. The highest BCUT2D eigenvalue weighted by atomic mass is 16.5. The number of ether oxygens (including phenoxy) is 1. The van der Waals surface area contributed by atoms with Gasteiger partial charge in [-0.05, 0) is 56.0 Å². The van der Waals surface area contributed by atoms with E-state index >= 15 is 0 Å². The minimum Gasteiger partial charge on any atom is -0.457 e. The molecule has 24 heavy (non-hydrogen) atoms. The molecule has 5 nitrogen and oxygen atoms in total. The van der Waals surface area contributed by atoms with E-state index in [-0.39, 0.29) is 11.9 Å². The summed E-state index contributed by atoms with van der Waals surface area (Å²) in [5, 5.41) is 0. The Morgan fingerprint density at radius 1 is 1.29 bits per heavy atom. The van der Waals surface area contributed by atoms with Gasteiger partial charge in [-0.3, -0.25) is 9.78 Å². The van der Waals surface area contributed by atoms with Crippen LogP contribution in [0.15, 0.2) is 48.8 Å². The van der Waals surface area contributed by atoms with Gasteiger partial charge in [-0.15, -0.1) is 0 Å². The molecule has 0 unspecified atom stereocenters. The third kappa shape index (κ3) is 3.92. The summed E-state index contributed by atoms with van der Waals surface area (Å²) < 4.78 is 5.79. The van der Waals surface area contributed by atoms with Crippen LogP contribution in [0.2, 0.25) is 0 Å². The largest absolute Gasteiger partial charge is 0.457 e. The van der Waals surface area contributed by atoms with Crippen molar-refractivity contribution >= 4 is 5.91 Å². The van der Waals surface area contributed by atoms with Gasteiger partial charge in [-0.2, -0.15) is 0 Å². The summed E-state index contributed by atoms with van der Waals surface area (Å²) in [4.78, 5) is 18.7. The number of piperidine rings is 1. The summed E-state index contributed by atoms with van der Waals surface area (Å²) in [7, 11) is 0. The lowest BCUT2D eigenvalue weighted by molar-refractivity contribution is 0.0660. The van der Waals surface area contributed by atoms with Crippen LogP contribution < -0.4 is 10.5 Å². The first-order valence-electron chi connectivity index (χ1n) is 8.36. The van der Waals surface area contributed by atoms with Crippen LogP contribution >= 0.6 is 0 Å². The number of likely N-dealkylation sites (tertiary alicyclic amines) is 1. The van der Waals surface area contributed by atoms with Crippen molar-refractivity contribution in [3.8, 4) is 11.5 Å². The molecule has 1 fully saturated rings. The van der Waals surface area contributed by atoms with E-state index in [9.17, 15) is 4.79 Å². The third-order valence-corrected chi connectivity index (χ3v) is 4.46. The molecule has 3 rings (SSSR count). The molecule has 2 N–H and O–H groups in total. The van der Waals surface area contributed by atoms with Crippen molar-refractivity contribution in [3.05, 3.63) is 54.4 Å². The smallest absolute Gasteiger partial charge is 0.253 e. The molecule has 0 saturated carbocycles. The molecule has 0 bridgehead atoms. The van der Waals surface area contributed by atoms with Gasteiger partial charge in [0.15, 0.2) is 0 Å². The molecule has 0 aliphatic carbocycles. The van der Waals surface area contributed by atoms with Crippen molar-refractivity contribution < 1.29 is 9.53 Å². The van der Waals surface area contributed by atoms with E-state index in [0.717, 1.165) is 25.9 Å². The van der Waals surface area contributed by atoms with Crippen LogP contribution in [0, 0.1) is 5.92 Å². The molecule has 1 aromatic carbocycles.